The molecule has 0 atom stereocenters. The van der Waals surface area contributed by atoms with Gasteiger partial charge in [-0.25, -0.2) is 0 Å². The zero-order chi connectivity index (χ0) is 22.1. The average Bonchev–Trinajstić information content (AvgIpc) is 3.48. The maximum atomic E-state index is 13.3. The Labute approximate surface area is 194 Å². The molecule has 0 amide bonds. The van der Waals surface area contributed by atoms with Gasteiger partial charge in [0.25, 0.3) is 5.56 Å². The molecule has 3 heterocycles. The Morgan fingerprint density at radius 3 is 2.44 bits per heavy atom. The predicted molar refractivity (Wildman–Crippen MR) is 134 cm³/mol. The third-order valence-corrected chi connectivity index (χ3v) is 7.43. The highest BCUT2D eigenvalue weighted by Crippen LogP contribution is 2.27. The van der Waals surface area contributed by atoms with Crippen molar-refractivity contribution in [1.82, 2.24) is 19.2 Å². The molecule has 0 aliphatic rings. The van der Waals surface area contributed by atoms with Gasteiger partial charge in [-0.1, -0.05) is 79.9 Å². The highest BCUT2D eigenvalue weighted by Gasteiger charge is 2.18. The summed E-state index contributed by atoms with van der Waals surface area (Å²) >= 11 is 3.08. The summed E-state index contributed by atoms with van der Waals surface area (Å²) in [5, 5.41) is 11.6. The summed E-state index contributed by atoms with van der Waals surface area (Å²) in [6.45, 7) is 6.41. The summed E-state index contributed by atoms with van der Waals surface area (Å²) in [7, 11) is 0. The zero-order valence-corrected chi connectivity index (χ0v) is 19.3. The Morgan fingerprint density at radius 2 is 1.72 bits per heavy atom. The molecule has 0 unspecified atom stereocenters. The van der Waals surface area contributed by atoms with Gasteiger partial charge in [0.1, 0.15) is 4.70 Å². The van der Waals surface area contributed by atoms with E-state index < -0.39 is 0 Å². The van der Waals surface area contributed by atoms with E-state index in [1.807, 2.05) is 21.9 Å². The molecule has 0 spiro atoms. The van der Waals surface area contributed by atoms with Crippen LogP contribution in [-0.2, 0) is 18.7 Å². The minimum absolute atomic E-state index is 0.0222. The summed E-state index contributed by atoms with van der Waals surface area (Å²) < 4.78 is 4.46. The van der Waals surface area contributed by atoms with Gasteiger partial charge < -0.3 is 0 Å². The van der Waals surface area contributed by atoms with Crippen LogP contribution in [0.5, 0.6) is 0 Å². The topological polar surface area (TPSA) is 52.2 Å². The first-order valence-corrected chi connectivity index (χ1v) is 12.3. The van der Waals surface area contributed by atoms with E-state index in [4.69, 9.17) is 0 Å². The molecule has 5 nitrogen and oxygen atoms in total. The number of rotatable bonds is 7. The monoisotopic (exact) mass is 458 g/mol. The summed E-state index contributed by atoms with van der Waals surface area (Å²) in [4.78, 5) is 13.3. The van der Waals surface area contributed by atoms with Crippen molar-refractivity contribution in [3.63, 3.8) is 0 Å². The number of thiophene rings is 1. The third-order valence-electron chi connectivity index (χ3n) is 5.54. The normalized spacial score (nSPS) is 11.4. The molecule has 160 valence electrons. The van der Waals surface area contributed by atoms with Crippen LogP contribution >= 0.6 is 23.1 Å². The molecule has 0 saturated heterocycles. The smallest absolute Gasteiger partial charge is 0.271 e. The number of benzene rings is 2. The number of hydrogen-bond donors (Lipinski definition) is 0. The van der Waals surface area contributed by atoms with Crippen LogP contribution in [0.15, 0.2) is 76.5 Å². The van der Waals surface area contributed by atoms with Crippen molar-refractivity contribution in [3.05, 3.63) is 99.2 Å². The minimum Gasteiger partial charge on any atom is -0.271 e. The predicted octanol–water partition coefficient (Wildman–Crippen LogP) is 5.65. The summed E-state index contributed by atoms with van der Waals surface area (Å²) in [5.41, 5.74) is 5.49. The number of nitrogens with zero attached hydrogens (tertiary/aromatic N) is 4. The molecule has 0 aliphatic carbocycles. The first kappa shape index (κ1) is 20.7. The molecule has 7 heteroatoms. The van der Waals surface area contributed by atoms with Gasteiger partial charge in [0.05, 0.1) is 12.1 Å². The van der Waals surface area contributed by atoms with E-state index in [1.165, 1.54) is 22.5 Å². The molecule has 0 saturated carbocycles. The Morgan fingerprint density at radius 1 is 1.00 bits per heavy atom. The fraction of sp³-hybridized carbons (Fsp3) is 0.160. The SMILES string of the molecule is C=Cc1ccc(CSc2nnc3n(Cc4ccc(CC)cc4)c(=O)c4sccc4n23)cc1. The lowest BCUT2D eigenvalue weighted by Crippen LogP contribution is -2.23. The van der Waals surface area contributed by atoms with Crippen LogP contribution in [0.2, 0.25) is 0 Å². The Hall–Kier alpha value is -3.16. The van der Waals surface area contributed by atoms with Gasteiger partial charge in [0.2, 0.25) is 5.78 Å². The number of fused-ring (bicyclic) bond motifs is 3. The van der Waals surface area contributed by atoms with Gasteiger partial charge in [-0.05, 0) is 40.1 Å². The maximum absolute atomic E-state index is 13.3. The molecule has 0 radical (unpaired) electrons. The van der Waals surface area contributed by atoms with E-state index in [9.17, 15) is 4.79 Å². The number of hydrogen-bond acceptors (Lipinski definition) is 5. The van der Waals surface area contributed by atoms with E-state index in [-0.39, 0.29) is 5.56 Å². The van der Waals surface area contributed by atoms with Gasteiger partial charge in [0.15, 0.2) is 5.16 Å². The van der Waals surface area contributed by atoms with Gasteiger partial charge in [-0.2, -0.15) is 0 Å². The van der Waals surface area contributed by atoms with Crippen molar-refractivity contribution in [2.24, 2.45) is 0 Å². The Kier molecular flexibility index (Phi) is 5.68. The lowest BCUT2D eigenvalue weighted by Gasteiger charge is -2.10. The molecule has 0 bridgehead atoms. The molecule has 5 rings (SSSR count). The zero-order valence-electron chi connectivity index (χ0n) is 17.7. The molecular formula is C25H22N4OS2. The van der Waals surface area contributed by atoms with Crippen LogP contribution in [0.4, 0.5) is 0 Å². The first-order valence-electron chi connectivity index (χ1n) is 10.4. The quantitative estimate of drug-likeness (QED) is 0.296. The first-order chi connectivity index (χ1) is 15.7. The summed E-state index contributed by atoms with van der Waals surface area (Å²) in [5.74, 6) is 1.34. The van der Waals surface area contributed by atoms with Crippen molar-refractivity contribution < 1.29 is 0 Å². The molecule has 2 aromatic carbocycles. The van der Waals surface area contributed by atoms with Gasteiger partial charge in [-0.3, -0.25) is 13.8 Å². The highest BCUT2D eigenvalue weighted by molar-refractivity contribution is 7.98. The van der Waals surface area contributed by atoms with E-state index in [2.05, 4.69) is 72.2 Å². The van der Waals surface area contributed by atoms with E-state index in [1.54, 1.807) is 16.3 Å². The summed E-state index contributed by atoms with van der Waals surface area (Å²) in [6, 6.07) is 18.7. The fourth-order valence-corrected chi connectivity index (χ4v) is 5.42. The van der Waals surface area contributed by atoms with Crippen molar-refractivity contribution >= 4 is 45.2 Å². The summed E-state index contributed by atoms with van der Waals surface area (Å²) in [6.07, 6.45) is 2.83. The average molecular weight is 459 g/mol. The maximum Gasteiger partial charge on any atom is 0.273 e. The highest BCUT2D eigenvalue weighted by atomic mass is 32.2. The van der Waals surface area contributed by atoms with E-state index >= 15 is 0 Å². The van der Waals surface area contributed by atoms with Crippen molar-refractivity contribution in [3.8, 4) is 0 Å². The Bertz CT molecular complexity index is 1460. The standard InChI is InChI=1S/C25H22N4OS2/c1-3-17-5-9-19(10-6-17)15-28-23(30)22-21(13-14-31-22)29-24(28)26-27-25(29)32-16-20-11-7-18(4-2)8-12-20/h4-14H,2-3,15-16H2,1H3. The second-order valence-electron chi connectivity index (χ2n) is 7.55. The van der Waals surface area contributed by atoms with Gasteiger partial charge >= 0.3 is 0 Å². The fourth-order valence-electron chi connectivity index (χ4n) is 3.70. The molecule has 5 aromatic rings. The largest absolute Gasteiger partial charge is 0.273 e. The number of thioether (sulfide) groups is 1. The van der Waals surface area contributed by atoms with Crippen LogP contribution in [0.3, 0.4) is 0 Å². The van der Waals surface area contributed by atoms with Crippen LogP contribution in [0, 0.1) is 0 Å². The molecule has 32 heavy (non-hydrogen) atoms. The van der Waals surface area contributed by atoms with Crippen molar-refractivity contribution in [2.75, 3.05) is 0 Å². The molecule has 0 aliphatic heterocycles. The van der Waals surface area contributed by atoms with E-state index in [0.717, 1.165) is 38.7 Å². The van der Waals surface area contributed by atoms with E-state index in [0.29, 0.717) is 12.3 Å². The van der Waals surface area contributed by atoms with Crippen LogP contribution < -0.4 is 5.56 Å². The van der Waals surface area contributed by atoms with Crippen LogP contribution in [0.1, 0.15) is 29.2 Å². The lowest BCUT2D eigenvalue weighted by molar-refractivity contribution is 0.765. The Balaban J connectivity index is 1.54. The molecule has 3 aromatic heterocycles. The molecule has 0 N–H and O–H groups in total. The van der Waals surface area contributed by atoms with Crippen LogP contribution in [-0.4, -0.2) is 19.2 Å². The second-order valence-corrected chi connectivity index (χ2v) is 9.41. The van der Waals surface area contributed by atoms with Gasteiger partial charge in [0, 0.05) is 5.75 Å². The molecule has 0 fully saturated rings. The van der Waals surface area contributed by atoms with Crippen molar-refractivity contribution in [1.29, 1.82) is 0 Å². The second kappa shape index (κ2) is 8.76. The molecular weight excluding hydrogens is 436 g/mol. The van der Waals surface area contributed by atoms with Crippen molar-refractivity contribution in [2.45, 2.75) is 30.8 Å². The van der Waals surface area contributed by atoms with Crippen LogP contribution in [0.25, 0.3) is 22.1 Å². The lowest BCUT2D eigenvalue weighted by atomic mass is 10.1. The third kappa shape index (κ3) is 3.78. The number of aromatic nitrogens is 4. The minimum atomic E-state index is -0.0222. The number of aryl methyl sites for hydroxylation is 1. The van der Waals surface area contributed by atoms with Gasteiger partial charge in [-0.15, -0.1) is 21.5 Å².